The summed E-state index contributed by atoms with van der Waals surface area (Å²) in [6.07, 6.45) is 2.07. The lowest BCUT2D eigenvalue weighted by Gasteiger charge is -2.19. The molecule has 184 valence electrons. The van der Waals surface area contributed by atoms with Crippen LogP contribution in [0.2, 0.25) is 0 Å². The molecular formula is C27H30N2O6. The summed E-state index contributed by atoms with van der Waals surface area (Å²) in [5, 5.41) is 5.35. The molecule has 35 heavy (non-hydrogen) atoms. The molecule has 1 aliphatic heterocycles. The lowest BCUT2D eigenvalue weighted by Crippen LogP contribution is -2.27. The first kappa shape index (κ1) is 25.6. The fourth-order valence-corrected chi connectivity index (χ4v) is 3.10. The van der Waals surface area contributed by atoms with E-state index in [0.29, 0.717) is 22.7 Å². The van der Waals surface area contributed by atoms with Crippen LogP contribution < -0.4 is 10.6 Å². The van der Waals surface area contributed by atoms with E-state index in [2.05, 4.69) is 10.6 Å². The van der Waals surface area contributed by atoms with Gasteiger partial charge in [-0.05, 0) is 83.0 Å². The van der Waals surface area contributed by atoms with Crippen molar-refractivity contribution in [3.63, 3.8) is 0 Å². The zero-order valence-corrected chi connectivity index (χ0v) is 20.7. The van der Waals surface area contributed by atoms with Crippen molar-refractivity contribution in [1.29, 1.82) is 0 Å². The van der Waals surface area contributed by atoms with E-state index in [-0.39, 0.29) is 0 Å². The van der Waals surface area contributed by atoms with E-state index < -0.39 is 29.4 Å². The lowest BCUT2D eigenvalue weighted by atomic mass is 10.0. The van der Waals surface area contributed by atoms with Crippen molar-refractivity contribution in [2.75, 3.05) is 10.6 Å². The fourth-order valence-electron chi connectivity index (χ4n) is 3.10. The van der Waals surface area contributed by atoms with Gasteiger partial charge in [-0.15, -0.1) is 0 Å². The summed E-state index contributed by atoms with van der Waals surface area (Å²) in [5.41, 5.74) is 2.10. The van der Waals surface area contributed by atoms with Crippen LogP contribution in [0.15, 0.2) is 60.4 Å². The zero-order valence-electron chi connectivity index (χ0n) is 20.7. The van der Waals surface area contributed by atoms with Crippen molar-refractivity contribution in [3.05, 3.63) is 71.5 Å². The van der Waals surface area contributed by atoms with E-state index in [0.717, 1.165) is 11.1 Å². The number of hydrogen-bond donors (Lipinski definition) is 2. The Morgan fingerprint density at radius 2 is 1.23 bits per heavy atom. The molecule has 3 rings (SSSR count). The van der Waals surface area contributed by atoms with E-state index in [1.807, 2.05) is 0 Å². The first-order valence-electron chi connectivity index (χ1n) is 11.1. The molecular weight excluding hydrogens is 448 g/mol. The third-order valence-corrected chi connectivity index (χ3v) is 4.43. The maximum absolute atomic E-state index is 12.0. The zero-order chi connectivity index (χ0) is 25.8. The van der Waals surface area contributed by atoms with Crippen LogP contribution in [0.3, 0.4) is 0 Å². The highest BCUT2D eigenvalue weighted by Crippen LogP contribution is 2.32. The number of amides is 2. The second-order valence-corrected chi connectivity index (χ2v) is 9.94. The number of nitrogens with one attached hydrogen (secondary N) is 2. The molecule has 0 saturated carbocycles. The summed E-state index contributed by atoms with van der Waals surface area (Å²) < 4.78 is 15.9. The van der Waals surface area contributed by atoms with E-state index in [4.69, 9.17) is 14.2 Å². The van der Waals surface area contributed by atoms with E-state index >= 15 is 0 Å². The molecule has 0 aromatic heterocycles. The largest absolute Gasteiger partial charge is 0.444 e. The van der Waals surface area contributed by atoms with Gasteiger partial charge in [-0.2, -0.15) is 0 Å². The number of rotatable bonds is 4. The number of hydrogen-bond acceptors (Lipinski definition) is 6. The minimum Gasteiger partial charge on any atom is -0.444 e. The number of ether oxygens (including phenoxy) is 3. The van der Waals surface area contributed by atoms with Gasteiger partial charge in [0.25, 0.3) is 0 Å². The van der Waals surface area contributed by atoms with Crippen LogP contribution in [-0.4, -0.2) is 29.4 Å². The molecule has 0 bridgehead atoms. The monoisotopic (exact) mass is 478 g/mol. The quantitative estimate of drug-likeness (QED) is 0.391. The molecule has 0 unspecified atom stereocenters. The average Bonchev–Trinajstić information content (AvgIpc) is 3.07. The minimum atomic E-state index is -0.597. The Morgan fingerprint density at radius 1 is 0.771 bits per heavy atom. The van der Waals surface area contributed by atoms with E-state index in [1.165, 1.54) is 6.08 Å². The van der Waals surface area contributed by atoms with Crippen molar-refractivity contribution in [2.24, 2.45) is 0 Å². The van der Waals surface area contributed by atoms with Gasteiger partial charge in [-0.25, -0.2) is 14.4 Å². The van der Waals surface area contributed by atoms with Crippen molar-refractivity contribution in [3.8, 4) is 0 Å². The summed E-state index contributed by atoms with van der Waals surface area (Å²) in [6.45, 7) is 10.7. The molecule has 2 N–H and O–H groups in total. The highest BCUT2D eigenvalue weighted by Gasteiger charge is 2.22. The van der Waals surface area contributed by atoms with Gasteiger partial charge in [0, 0.05) is 23.0 Å². The summed E-state index contributed by atoms with van der Waals surface area (Å²) in [6, 6.07) is 14.0. The normalized spacial score (nSPS) is 14.7. The highest BCUT2D eigenvalue weighted by molar-refractivity contribution is 6.03. The van der Waals surface area contributed by atoms with Gasteiger partial charge in [0.15, 0.2) is 0 Å². The van der Waals surface area contributed by atoms with Crippen LogP contribution in [0, 0.1) is 0 Å². The van der Waals surface area contributed by atoms with Gasteiger partial charge in [0.1, 0.15) is 17.0 Å². The van der Waals surface area contributed by atoms with E-state index in [1.54, 1.807) is 96.1 Å². The van der Waals surface area contributed by atoms with Crippen molar-refractivity contribution < 1.29 is 28.6 Å². The number of anilines is 2. The molecule has 2 aromatic carbocycles. The smallest absolute Gasteiger partial charge is 0.412 e. The molecule has 1 heterocycles. The maximum atomic E-state index is 12.0. The molecule has 1 aliphatic rings. The topological polar surface area (TPSA) is 103 Å². The number of esters is 1. The third kappa shape index (κ3) is 8.03. The molecule has 8 heteroatoms. The van der Waals surface area contributed by atoms with Gasteiger partial charge in [0.2, 0.25) is 0 Å². The maximum Gasteiger partial charge on any atom is 0.412 e. The van der Waals surface area contributed by atoms with Crippen LogP contribution in [0.5, 0.6) is 0 Å². The molecule has 0 radical (unpaired) electrons. The van der Waals surface area contributed by atoms with E-state index in [9.17, 15) is 14.4 Å². The van der Waals surface area contributed by atoms with Crippen molar-refractivity contribution in [1.82, 2.24) is 0 Å². The van der Waals surface area contributed by atoms with Gasteiger partial charge >= 0.3 is 18.2 Å². The Kier molecular flexibility index (Phi) is 7.34. The lowest BCUT2D eigenvalue weighted by molar-refractivity contribution is -0.132. The number of carbonyl (C=O) groups is 3. The molecule has 0 fully saturated rings. The molecule has 0 atom stereocenters. The van der Waals surface area contributed by atoms with Crippen LogP contribution in [0.25, 0.3) is 11.6 Å². The highest BCUT2D eigenvalue weighted by atomic mass is 16.6. The Morgan fingerprint density at radius 3 is 1.69 bits per heavy atom. The summed E-state index contributed by atoms with van der Waals surface area (Å²) in [7, 11) is 0. The van der Waals surface area contributed by atoms with Crippen LogP contribution in [0.4, 0.5) is 21.0 Å². The molecule has 2 amide bonds. The summed E-state index contributed by atoms with van der Waals surface area (Å²) >= 11 is 0. The number of cyclic esters (lactones) is 1. The minimum absolute atomic E-state index is 0.399. The second-order valence-electron chi connectivity index (χ2n) is 9.94. The molecule has 0 saturated heterocycles. The molecule has 0 aliphatic carbocycles. The first-order chi connectivity index (χ1) is 16.3. The number of benzene rings is 2. The Hall–Kier alpha value is -4.07. The summed E-state index contributed by atoms with van der Waals surface area (Å²) in [5.74, 6) is -0.0684. The van der Waals surface area contributed by atoms with Gasteiger partial charge in [-0.1, -0.05) is 24.3 Å². The predicted octanol–water partition coefficient (Wildman–Crippen LogP) is 6.36. The fraction of sp³-hybridized carbons (Fsp3) is 0.296. The number of allylic oxidation sites excluding steroid dienone is 1. The predicted molar refractivity (Wildman–Crippen MR) is 135 cm³/mol. The Balaban J connectivity index is 1.70. The first-order valence-corrected chi connectivity index (χ1v) is 11.1. The third-order valence-electron chi connectivity index (χ3n) is 4.43. The Labute approximate surface area is 205 Å². The Bertz CT molecular complexity index is 1160. The van der Waals surface area contributed by atoms with Crippen molar-refractivity contribution >= 4 is 41.2 Å². The van der Waals surface area contributed by atoms with Crippen molar-refractivity contribution in [2.45, 2.75) is 52.7 Å². The average molecular weight is 479 g/mol. The molecule has 0 spiro atoms. The second kappa shape index (κ2) is 10.0. The van der Waals surface area contributed by atoms with Gasteiger partial charge in [0.05, 0.1) is 0 Å². The van der Waals surface area contributed by atoms with Gasteiger partial charge in [-0.3, -0.25) is 10.6 Å². The summed E-state index contributed by atoms with van der Waals surface area (Å²) in [4.78, 5) is 35.9. The van der Waals surface area contributed by atoms with Crippen LogP contribution in [-0.2, 0) is 19.0 Å². The standard InChI is InChI=1S/C27H30N2O6/c1-26(2,3)34-24(31)28-19-11-7-17(8-12-19)15-22-21(16-23(30)33-22)18-9-13-20(14-10-18)29-25(32)35-27(4,5)6/h7-16H,1-6H3,(H,28,31)(H,29,32). The van der Waals surface area contributed by atoms with Gasteiger partial charge < -0.3 is 14.2 Å². The number of carbonyl (C=O) groups excluding carboxylic acids is 3. The van der Waals surface area contributed by atoms with Crippen LogP contribution in [0.1, 0.15) is 52.7 Å². The van der Waals surface area contributed by atoms with Crippen LogP contribution >= 0.6 is 0 Å². The molecule has 8 nitrogen and oxygen atoms in total. The SMILES string of the molecule is CC(C)(C)OC(=O)Nc1ccc(C=C2OC(=O)C=C2c2ccc(NC(=O)OC(C)(C)C)cc2)cc1. The molecule has 2 aromatic rings.